The van der Waals surface area contributed by atoms with Gasteiger partial charge in [0.2, 0.25) is 10.0 Å². The Morgan fingerprint density at radius 3 is 2.68 bits per heavy atom. The molecule has 0 spiro atoms. The van der Waals surface area contributed by atoms with Gasteiger partial charge in [-0.25, -0.2) is 8.42 Å². The first-order chi connectivity index (χ1) is 8.44. The normalized spacial score (nSPS) is 20.9. The fourth-order valence-electron chi connectivity index (χ4n) is 1.99. The average molecular weight is 346 g/mol. The first-order valence-corrected chi connectivity index (χ1v) is 7.81. The summed E-state index contributed by atoms with van der Waals surface area (Å²) in [5.41, 5.74) is 0. The van der Waals surface area contributed by atoms with Crippen molar-refractivity contribution in [2.24, 2.45) is 0 Å². The summed E-state index contributed by atoms with van der Waals surface area (Å²) >= 11 is 11.9. The Labute approximate surface area is 129 Å². The van der Waals surface area contributed by atoms with E-state index in [9.17, 15) is 8.42 Å². The lowest BCUT2D eigenvalue weighted by molar-refractivity contribution is 0.284. The Hall–Kier alpha value is -0.0400. The van der Waals surface area contributed by atoms with Gasteiger partial charge in [-0.05, 0) is 19.1 Å². The zero-order valence-corrected chi connectivity index (χ0v) is 13.4. The third-order valence-corrected chi connectivity index (χ3v) is 5.93. The number of halogens is 3. The van der Waals surface area contributed by atoms with Crippen molar-refractivity contribution in [3.05, 3.63) is 28.2 Å². The third-order valence-electron chi connectivity index (χ3n) is 2.94. The van der Waals surface area contributed by atoms with E-state index in [2.05, 4.69) is 5.32 Å². The van der Waals surface area contributed by atoms with Crippen LogP contribution < -0.4 is 5.32 Å². The molecule has 0 amide bonds. The Morgan fingerprint density at radius 2 is 2.05 bits per heavy atom. The van der Waals surface area contributed by atoms with Crippen LogP contribution in [-0.4, -0.2) is 38.4 Å². The second kappa shape index (κ2) is 6.61. The molecule has 1 aliphatic rings. The molecule has 0 radical (unpaired) electrons. The summed E-state index contributed by atoms with van der Waals surface area (Å²) in [6.45, 7) is 3.58. The maximum Gasteiger partial charge on any atom is 0.244 e. The highest BCUT2D eigenvalue weighted by molar-refractivity contribution is 7.89. The predicted molar refractivity (Wildman–Crippen MR) is 79.9 cm³/mol. The predicted octanol–water partition coefficient (Wildman–Crippen LogP) is 2.40. The molecule has 1 aromatic carbocycles. The van der Waals surface area contributed by atoms with Gasteiger partial charge in [-0.1, -0.05) is 29.3 Å². The number of piperazine rings is 1. The Morgan fingerprint density at radius 1 is 1.37 bits per heavy atom. The second-order valence-corrected chi connectivity index (χ2v) is 6.86. The van der Waals surface area contributed by atoms with E-state index in [1.807, 2.05) is 6.92 Å². The van der Waals surface area contributed by atoms with E-state index in [0.29, 0.717) is 19.6 Å². The SMILES string of the molecule is CC1CNCCN1S(=O)(=O)c1cccc(Cl)c1Cl.Cl. The second-order valence-electron chi connectivity index (χ2n) is 4.22. The molecule has 1 aromatic rings. The Kier molecular flexibility index (Phi) is 5.92. The molecule has 4 nitrogen and oxygen atoms in total. The maximum absolute atomic E-state index is 12.5. The molecule has 0 aromatic heterocycles. The molecule has 108 valence electrons. The lowest BCUT2D eigenvalue weighted by atomic mass is 10.3. The van der Waals surface area contributed by atoms with Crippen molar-refractivity contribution in [3.63, 3.8) is 0 Å². The molecule has 1 atom stereocenters. The van der Waals surface area contributed by atoms with Crippen LogP contribution in [0.1, 0.15) is 6.92 Å². The highest BCUT2D eigenvalue weighted by Gasteiger charge is 2.32. The minimum atomic E-state index is -3.59. The molecule has 0 aliphatic carbocycles. The molecule has 1 fully saturated rings. The molecule has 0 saturated carbocycles. The van der Waals surface area contributed by atoms with Crippen LogP contribution in [0.3, 0.4) is 0 Å². The monoisotopic (exact) mass is 344 g/mol. The van der Waals surface area contributed by atoms with E-state index < -0.39 is 10.0 Å². The van der Waals surface area contributed by atoms with Crippen LogP contribution in [0, 0.1) is 0 Å². The van der Waals surface area contributed by atoms with E-state index in [-0.39, 0.29) is 33.4 Å². The highest BCUT2D eigenvalue weighted by atomic mass is 35.5. The van der Waals surface area contributed by atoms with Crippen LogP contribution in [0.5, 0.6) is 0 Å². The number of hydrogen-bond acceptors (Lipinski definition) is 3. The van der Waals surface area contributed by atoms with Crippen molar-refractivity contribution in [2.45, 2.75) is 17.9 Å². The van der Waals surface area contributed by atoms with E-state index in [1.165, 1.54) is 10.4 Å². The molecule has 1 aliphatic heterocycles. The van der Waals surface area contributed by atoms with Crippen molar-refractivity contribution in [2.75, 3.05) is 19.6 Å². The van der Waals surface area contributed by atoms with Gasteiger partial charge in [0.1, 0.15) is 4.90 Å². The van der Waals surface area contributed by atoms with Crippen molar-refractivity contribution < 1.29 is 8.42 Å². The fourth-order valence-corrected chi connectivity index (χ4v) is 4.36. The zero-order valence-electron chi connectivity index (χ0n) is 10.3. The van der Waals surface area contributed by atoms with Crippen LogP contribution in [-0.2, 0) is 10.0 Å². The molecule has 1 unspecified atom stereocenters. The van der Waals surface area contributed by atoms with Gasteiger partial charge >= 0.3 is 0 Å². The molecule has 0 bridgehead atoms. The lowest BCUT2D eigenvalue weighted by Crippen LogP contribution is -2.52. The van der Waals surface area contributed by atoms with Gasteiger partial charge in [-0.15, -0.1) is 12.4 Å². The minimum Gasteiger partial charge on any atom is -0.314 e. The van der Waals surface area contributed by atoms with Crippen molar-refractivity contribution in [3.8, 4) is 0 Å². The maximum atomic E-state index is 12.5. The number of benzene rings is 1. The fraction of sp³-hybridized carbons (Fsp3) is 0.455. The van der Waals surface area contributed by atoms with Crippen LogP contribution in [0.25, 0.3) is 0 Å². The van der Waals surface area contributed by atoms with Crippen LogP contribution >= 0.6 is 35.6 Å². The van der Waals surface area contributed by atoms with Gasteiger partial charge in [0.15, 0.2) is 0 Å². The molecule has 8 heteroatoms. The van der Waals surface area contributed by atoms with E-state index in [0.717, 1.165) is 0 Å². The van der Waals surface area contributed by atoms with Gasteiger partial charge in [0.25, 0.3) is 0 Å². The molecule has 19 heavy (non-hydrogen) atoms. The Balaban J connectivity index is 0.00000180. The summed E-state index contributed by atoms with van der Waals surface area (Å²) in [5.74, 6) is 0. The average Bonchev–Trinajstić information content (AvgIpc) is 2.32. The van der Waals surface area contributed by atoms with Crippen molar-refractivity contribution in [1.29, 1.82) is 0 Å². The molecule has 1 saturated heterocycles. The number of rotatable bonds is 2. The summed E-state index contributed by atoms with van der Waals surface area (Å²) < 4.78 is 26.5. The zero-order chi connectivity index (χ0) is 13.3. The van der Waals surface area contributed by atoms with Crippen molar-refractivity contribution >= 4 is 45.6 Å². The molecular formula is C11H15Cl3N2O2S. The number of nitrogens with zero attached hydrogens (tertiary/aromatic N) is 1. The first-order valence-electron chi connectivity index (χ1n) is 5.61. The molecule has 1 N–H and O–H groups in total. The van der Waals surface area contributed by atoms with Crippen LogP contribution in [0.2, 0.25) is 10.0 Å². The third kappa shape index (κ3) is 3.35. The minimum absolute atomic E-state index is 0. The lowest BCUT2D eigenvalue weighted by Gasteiger charge is -2.33. The van der Waals surface area contributed by atoms with Gasteiger partial charge in [-0.2, -0.15) is 4.31 Å². The van der Waals surface area contributed by atoms with Gasteiger partial charge in [0.05, 0.1) is 10.0 Å². The summed E-state index contributed by atoms with van der Waals surface area (Å²) in [6, 6.07) is 4.55. The molecule has 1 heterocycles. The number of hydrogen-bond donors (Lipinski definition) is 1. The molecule has 2 rings (SSSR count). The van der Waals surface area contributed by atoms with Gasteiger partial charge in [-0.3, -0.25) is 0 Å². The number of sulfonamides is 1. The number of nitrogens with one attached hydrogen (secondary N) is 1. The topological polar surface area (TPSA) is 49.4 Å². The summed E-state index contributed by atoms with van der Waals surface area (Å²) in [6.07, 6.45) is 0. The quantitative estimate of drug-likeness (QED) is 0.895. The van der Waals surface area contributed by atoms with Gasteiger partial charge in [0, 0.05) is 25.7 Å². The van der Waals surface area contributed by atoms with E-state index in [1.54, 1.807) is 12.1 Å². The smallest absolute Gasteiger partial charge is 0.244 e. The van der Waals surface area contributed by atoms with E-state index >= 15 is 0 Å². The summed E-state index contributed by atoms with van der Waals surface area (Å²) in [5, 5.41) is 3.49. The first kappa shape index (κ1) is 17.0. The van der Waals surface area contributed by atoms with Crippen molar-refractivity contribution in [1.82, 2.24) is 9.62 Å². The summed E-state index contributed by atoms with van der Waals surface area (Å²) in [7, 11) is -3.59. The van der Waals surface area contributed by atoms with Crippen LogP contribution in [0.4, 0.5) is 0 Å². The van der Waals surface area contributed by atoms with Crippen LogP contribution in [0.15, 0.2) is 23.1 Å². The largest absolute Gasteiger partial charge is 0.314 e. The van der Waals surface area contributed by atoms with E-state index in [4.69, 9.17) is 23.2 Å². The summed E-state index contributed by atoms with van der Waals surface area (Å²) in [4.78, 5) is 0.0745. The highest BCUT2D eigenvalue weighted by Crippen LogP contribution is 2.31. The van der Waals surface area contributed by atoms with Gasteiger partial charge < -0.3 is 5.32 Å². The molecular weight excluding hydrogens is 331 g/mol. The standard InChI is InChI=1S/C11H14Cl2N2O2S.ClH/c1-8-7-14-5-6-15(8)18(16,17)10-4-2-3-9(12)11(10)13;/h2-4,8,14H,5-7H2,1H3;1H. The Bertz CT molecular complexity index is 551.